The monoisotopic (exact) mass is 236 g/mol. The highest BCUT2D eigenvalue weighted by Gasteiger charge is 2.13. The number of phenols is 1. The molecule has 0 aliphatic carbocycles. The molecule has 4 nitrogen and oxygen atoms in total. The Bertz CT molecular complexity index is 345. The van der Waals surface area contributed by atoms with Gasteiger partial charge in [0.05, 0.1) is 0 Å². The number of phenolic OH excluding ortho intramolecular Hbond substituents is 1. The van der Waals surface area contributed by atoms with E-state index in [2.05, 4.69) is 5.32 Å². The lowest BCUT2D eigenvalue weighted by Gasteiger charge is -2.12. The zero-order chi connectivity index (χ0) is 12.7. The highest BCUT2D eigenvalue weighted by Crippen LogP contribution is 2.09. The van der Waals surface area contributed by atoms with Crippen molar-refractivity contribution in [1.29, 1.82) is 0 Å². The van der Waals surface area contributed by atoms with E-state index >= 15 is 0 Å². The smallest absolute Gasteiger partial charge is 0.224 e. The van der Waals surface area contributed by atoms with Crippen LogP contribution in [0, 0.1) is 5.92 Å². The van der Waals surface area contributed by atoms with Crippen molar-refractivity contribution in [1.82, 2.24) is 5.32 Å². The average molecular weight is 236 g/mol. The van der Waals surface area contributed by atoms with Crippen LogP contribution in [0.1, 0.15) is 18.9 Å². The number of carbonyl (C=O) groups is 1. The zero-order valence-corrected chi connectivity index (χ0v) is 10.1. The highest BCUT2D eigenvalue weighted by molar-refractivity contribution is 5.78. The van der Waals surface area contributed by atoms with Gasteiger partial charge >= 0.3 is 0 Å². The van der Waals surface area contributed by atoms with Crippen LogP contribution in [-0.2, 0) is 11.2 Å². The van der Waals surface area contributed by atoms with E-state index in [1.807, 2.05) is 19.1 Å². The SMILES string of the molecule is CCC(CN)C(=O)NCCc1ccc(O)cc1. The summed E-state index contributed by atoms with van der Waals surface area (Å²) in [5, 5.41) is 12.0. The molecule has 1 aromatic carbocycles. The fourth-order valence-electron chi connectivity index (χ4n) is 1.60. The minimum atomic E-state index is -0.0881. The fourth-order valence-corrected chi connectivity index (χ4v) is 1.60. The Labute approximate surface area is 102 Å². The van der Waals surface area contributed by atoms with E-state index in [1.165, 1.54) is 0 Å². The summed E-state index contributed by atoms with van der Waals surface area (Å²) in [6.45, 7) is 2.94. The molecule has 0 saturated carbocycles. The number of benzene rings is 1. The Kier molecular flexibility index (Phi) is 5.49. The first-order valence-corrected chi connectivity index (χ1v) is 5.93. The lowest BCUT2D eigenvalue weighted by molar-refractivity contribution is -0.124. The van der Waals surface area contributed by atoms with Crippen molar-refractivity contribution in [3.05, 3.63) is 29.8 Å². The summed E-state index contributed by atoms with van der Waals surface area (Å²) in [4.78, 5) is 11.6. The van der Waals surface area contributed by atoms with Crippen molar-refractivity contribution >= 4 is 5.91 Å². The van der Waals surface area contributed by atoms with Gasteiger partial charge in [0.15, 0.2) is 0 Å². The molecule has 1 aromatic rings. The highest BCUT2D eigenvalue weighted by atomic mass is 16.3. The first-order valence-electron chi connectivity index (χ1n) is 5.93. The number of hydrogen-bond donors (Lipinski definition) is 3. The first kappa shape index (κ1) is 13.5. The summed E-state index contributed by atoms with van der Waals surface area (Å²) < 4.78 is 0. The maximum Gasteiger partial charge on any atom is 0.224 e. The molecule has 0 saturated heterocycles. The number of rotatable bonds is 6. The Morgan fingerprint density at radius 2 is 2.06 bits per heavy atom. The molecule has 0 fully saturated rings. The topological polar surface area (TPSA) is 75.4 Å². The van der Waals surface area contributed by atoms with E-state index in [0.717, 1.165) is 18.4 Å². The van der Waals surface area contributed by atoms with Gasteiger partial charge in [-0.25, -0.2) is 0 Å². The molecule has 94 valence electrons. The predicted molar refractivity (Wildman–Crippen MR) is 67.7 cm³/mol. The third kappa shape index (κ3) is 4.44. The number of amides is 1. The van der Waals surface area contributed by atoms with Gasteiger partial charge < -0.3 is 16.2 Å². The van der Waals surface area contributed by atoms with E-state index in [9.17, 15) is 4.79 Å². The molecule has 1 unspecified atom stereocenters. The van der Waals surface area contributed by atoms with Crippen molar-refractivity contribution in [3.63, 3.8) is 0 Å². The molecule has 1 amide bonds. The predicted octanol–water partition coefficient (Wildman–Crippen LogP) is 1.04. The second-order valence-electron chi connectivity index (χ2n) is 4.05. The Balaban J connectivity index is 2.32. The number of nitrogens with two attached hydrogens (primary N) is 1. The Morgan fingerprint density at radius 3 is 2.59 bits per heavy atom. The summed E-state index contributed by atoms with van der Waals surface area (Å²) in [5.41, 5.74) is 6.58. The van der Waals surface area contributed by atoms with E-state index < -0.39 is 0 Å². The second kappa shape index (κ2) is 6.91. The van der Waals surface area contributed by atoms with Crippen molar-refractivity contribution < 1.29 is 9.90 Å². The molecular weight excluding hydrogens is 216 g/mol. The number of aromatic hydroxyl groups is 1. The van der Waals surface area contributed by atoms with Gasteiger partial charge in [-0.3, -0.25) is 4.79 Å². The largest absolute Gasteiger partial charge is 0.508 e. The molecule has 0 aromatic heterocycles. The van der Waals surface area contributed by atoms with Crippen LogP contribution < -0.4 is 11.1 Å². The quantitative estimate of drug-likeness (QED) is 0.690. The van der Waals surface area contributed by atoms with Crippen LogP contribution in [-0.4, -0.2) is 24.1 Å². The van der Waals surface area contributed by atoms with Gasteiger partial charge in [-0.1, -0.05) is 19.1 Å². The molecule has 0 spiro atoms. The molecule has 0 heterocycles. The summed E-state index contributed by atoms with van der Waals surface area (Å²) >= 11 is 0. The lowest BCUT2D eigenvalue weighted by atomic mass is 10.1. The fraction of sp³-hybridized carbons (Fsp3) is 0.462. The summed E-state index contributed by atoms with van der Waals surface area (Å²) in [7, 11) is 0. The van der Waals surface area contributed by atoms with Gasteiger partial charge in [0.25, 0.3) is 0 Å². The average Bonchev–Trinajstić information content (AvgIpc) is 2.33. The zero-order valence-electron chi connectivity index (χ0n) is 10.1. The van der Waals surface area contributed by atoms with Crippen LogP contribution in [0.2, 0.25) is 0 Å². The third-order valence-electron chi connectivity index (χ3n) is 2.80. The van der Waals surface area contributed by atoms with Gasteiger partial charge in [-0.15, -0.1) is 0 Å². The van der Waals surface area contributed by atoms with Crippen molar-refractivity contribution in [2.24, 2.45) is 11.7 Å². The van der Waals surface area contributed by atoms with Gasteiger partial charge in [0.1, 0.15) is 5.75 Å². The van der Waals surface area contributed by atoms with E-state index in [0.29, 0.717) is 13.1 Å². The maximum atomic E-state index is 11.6. The molecule has 0 bridgehead atoms. The molecule has 0 radical (unpaired) electrons. The molecular formula is C13H20N2O2. The normalized spacial score (nSPS) is 12.1. The standard InChI is InChI=1S/C13H20N2O2/c1-2-11(9-14)13(17)15-8-7-10-3-5-12(16)6-4-10/h3-6,11,16H,2,7-9,14H2,1H3,(H,15,17). The van der Waals surface area contributed by atoms with Crippen LogP contribution in [0.15, 0.2) is 24.3 Å². The van der Waals surface area contributed by atoms with E-state index in [1.54, 1.807) is 12.1 Å². The molecule has 17 heavy (non-hydrogen) atoms. The van der Waals surface area contributed by atoms with Gasteiger partial charge in [-0.05, 0) is 30.5 Å². The number of hydrogen-bond acceptors (Lipinski definition) is 3. The lowest BCUT2D eigenvalue weighted by Crippen LogP contribution is -2.35. The van der Waals surface area contributed by atoms with E-state index in [-0.39, 0.29) is 17.6 Å². The molecule has 0 aliphatic heterocycles. The minimum absolute atomic E-state index is 0.0220. The van der Waals surface area contributed by atoms with Crippen LogP contribution in [0.25, 0.3) is 0 Å². The summed E-state index contributed by atoms with van der Waals surface area (Å²) in [6, 6.07) is 6.99. The van der Waals surface area contributed by atoms with Crippen molar-refractivity contribution in [3.8, 4) is 5.75 Å². The van der Waals surface area contributed by atoms with Gasteiger partial charge in [-0.2, -0.15) is 0 Å². The Morgan fingerprint density at radius 1 is 1.41 bits per heavy atom. The molecule has 1 atom stereocenters. The molecule has 1 rings (SSSR count). The van der Waals surface area contributed by atoms with Crippen molar-refractivity contribution in [2.75, 3.05) is 13.1 Å². The van der Waals surface area contributed by atoms with Crippen LogP contribution in [0.4, 0.5) is 0 Å². The van der Waals surface area contributed by atoms with Gasteiger partial charge in [0, 0.05) is 19.0 Å². The number of carbonyl (C=O) groups excluding carboxylic acids is 1. The second-order valence-corrected chi connectivity index (χ2v) is 4.05. The van der Waals surface area contributed by atoms with Crippen molar-refractivity contribution in [2.45, 2.75) is 19.8 Å². The van der Waals surface area contributed by atoms with Crippen LogP contribution >= 0.6 is 0 Å². The minimum Gasteiger partial charge on any atom is -0.508 e. The molecule has 0 aliphatic rings. The molecule has 4 N–H and O–H groups in total. The summed E-state index contributed by atoms with van der Waals surface area (Å²) in [5.74, 6) is 0.190. The van der Waals surface area contributed by atoms with Crippen LogP contribution in [0.5, 0.6) is 5.75 Å². The maximum absolute atomic E-state index is 11.6. The van der Waals surface area contributed by atoms with E-state index in [4.69, 9.17) is 10.8 Å². The Hall–Kier alpha value is -1.55. The number of nitrogens with one attached hydrogen (secondary N) is 1. The molecule has 4 heteroatoms. The van der Waals surface area contributed by atoms with Crippen LogP contribution in [0.3, 0.4) is 0 Å². The van der Waals surface area contributed by atoms with Gasteiger partial charge in [0.2, 0.25) is 5.91 Å². The third-order valence-corrected chi connectivity index (χ3v) is 2.80. The first-order chi connectivity index (χ1) is 8.17. The summed E-state index contributed by atoms with van der Waals surface area (Å²) in [6.07, 6.45) is 1.52.